The standard InChI is InChI=1S/C6H12N2O2/c1-5(2-7)10-4-6(8)3-9/h5-6,9H,3-4,8H2,1H3. The van der Waals surface area contributed by atoms with Crippen LogP contribution >= 0.6 is 0 Å². The second kappa shape index (κ2) is 5.18. The Labute approximate surface area is 60.2 Å². The lowest BCUT2D eigenvalue weighted by molar-refractivity contribution is 0.0754. The van der Waals surface area contributed by atoms with Gasteiger partial charge in [-0.1, -0.05) is 0 Å². The summed E-state index contributed by atoms with van der Waals surface area (Å²) in [5.41, 5.74) is 5.29. The molecule has 0 heterocycles. The first-order valence-corrected chi connectivity index (χ1v) is 3.08. The molecule has 0 aromatic heterocycles. The molecule has 0 aromatic carbocycles. The molecular formula is C6H12N2O2. The van der Waals surface area contributed by atoms with E-state index in [1.165, 1.54) is 0 Å². The number of nitriles is 1. The molecule has 0 fully saturated rings. The van der Waals surface area contributed by atoms with Crippen molar-refractivity contribution >= 4 is 0 Å². The van der Waals surface area contributed by atoms with E-state index in [0.717, 1.165) is 0 Å². The van der Waals surface area contributed by atoms with Crippen LogP contribution in [0.4, 0.5) is 0 Å². The van der Waals surface area contributed by atoms with Gasteiger partial charge < -0.3 is 15.6 Å². The highest BCUT2D eigenvalue weighted by Crippen LogP contribution is 1.88. The van der Waals surface area contributed by atoms with Gasteiger partial charge in [-0.2, -0.15) is 5.26 Å². The average Bonchev–Trinajstić information content (AvgIpc) is 1.99. The van der Waals surface area contributed by atoms with Crippen LogP contribution in [0.5, 0.6) is 0 Å². The molecule has 4 nitrogen and oxygen atoms in total. The van der Waals surface area contributed by atoms with Crippen LogP contribution < -0.4 is 5.73 Å². The molecule has 3 N–H and O–H groups in total. The van der Waals surface area contributed by atoms with Gasteiger partial charge in [-0.15, -0.1) is 0 Å². The van der Waals surface area contributed by atoms with Crippen molar-refractivity contribution in [3.8, 4) is 6.07 Å². The maximum atomic E-state index is 8.43. The SMILES string of the molecule is CC(C#N)OCC(N)CO. The van der Waals surface area contributed by atoms with E-state index in [4.69, 9.17) is 20.8 Å². The second-order valence-electron chi connectivity index (χ2n) is 2.05. The summed E-state index contributed by atoms with van der Waals surface area (Å²) >= 11 is 0. The summed E-state index contributed by atoms with van der Waals surface area (Å²) in [5, 5.41) is 16.7. The van der Waals surface area contributed by atoms with Crippen LogP contribution in [-0.2, 0) is 4.74 Å². The number of rotatable bonds is 4. The summed E-state index contributed by atoms with van der Waals surface area (Å²) in [6.07, 6.45) is -0.447. The summed E-state index contributed by atoms with van der Waals surface area (Å²) in [6.45, 7) is 1.74. The molecule has 4 heteroatoms. The van der Waals surface area contributed by atoms with Gasteiger partial charge in [0.15, 0.2) is 0 Å². The molecule has 0 saturated heterocycles. The molecule has 58 valence electrons. The smallest absolute Gasteiger partial charge is 0.141 e. The Morgan fingerprint density at radius 3 is 2.80 bits per heavy atom. The highest BCUT2D eigenvalue weighted by molar-refractivity contribution is 4.79. The quantitative estimate of drug-likeness (QED) is 0.543. The Balaban J connectivity index is 3.28. The highest BCUT2D eigenvalue weighted by atomic mass is 16.5. The van der Waals surface area contributed by atoms with Gasteiger partial charge in [-0.05, 0) is 6.92 Å². The predicted molar refractivity (Wildman–Crippen MR) is 36.1 cm³/mol. The van der Waals surface area contributed by atoms with Crippen molar-refractivity contribution in [1.29, 1.82) is 5.26 Å². The van der Waals surface area contributed by atoms with Crippen LogP contribution in [0, 0.1) is 11.3 Å². The second-order valence-corrected chi connectivity index (χ2v) is 2.05. The summed E-state index contributed by atoms with van der Waals surface area (Å²) in [4.78, 5) is 0. The van der Waals surface area contributed by atoms with Crippen molar-refractivity contribution in [2.24, 2.45) is 5.73 Å². The molecule has 0 radical (unpaired) electrons. The van der Waals surface area contributed by atoms with E-state index in [1.54, 1.807) is 6.92 Å². The molecule has 0 saturated carbocycles. The fourth-order valence-corrected chi connectivity index (χ4v) is 0.358. The van der Waals surface area contributed by atoms with Crippen molar-refractivity contribution < 1.29 is 9.84 Å². The van der Waals surface area contributed by atoms with Gasteiger partial charge in [0.1, 0.15) is 6.10 Å². The molecule has 0 aliphatic rings. The third kappa shape index (κ3) is 4.27. The van der Waals surface area contributed by atoms with E-state index in [0.29, 0.717) is 0 Å². The number of nitrogens with zero attached hydrogens (tertiary/aromatic N) is 1. The number of hydrogen-bond acceptors (Lipinski definition) is 4. The first-order chi connectivity index (χ1) is 4.70. The minimum absolute atomic E-state index is 0.113. The molecule has 2 atom stereocenters. The van der Waals surface area contributed by atoms with Gasteiger partial charge in [0.25, 0.3) is 0 Å². The number of aliphatic hydroxyl groups excluding tert-OH is 1. The molecule has 10 heavy (non-hydrogen) atoms. The van der Waals surface area contributed by atoms with Crippen LogP contribution in [-0.4, -0.2) is 30.5 Å². The van der Waals surface area contributed by atoms with Crippen molar-refractivity contribution in [2.75, 3.05) is 13.2 Å². The Bertz CT molecular complexity index is 121. The van der Waals surface area contributed by atoms with Crippen molar-refractivity contribution in [3.63, 3.8) is 0 Å². The van der Waals surface area contributed by atoms with Gasteiger partial charge in [-0.3, -0.25) is 0 Å². The molecule has 0 aliphatic carbocycles. The van der Waals surface area contributed by atoms with E-state index in [-0.39, 0.29) is 19.3 Å². The van der Waals surface area contributed by atoms with Crippen molar-refractivity contribution in [3.05, 3.63) is 0 Å². The fraction of sp³-hybridized carbons (Fsp3) is 0.833. The minimum Gasteiger partial charge on any atom is -0.395 e. The lowest BCUT2D eigenvalue weighted by Gasteiger charge is -2.09. The largest absolute Gasteiger partial charge is 0.395 e. The van der Waals surface area contributed by atoms with Crippen molar-refractivity contribution in [1.82, 2.24) is 0 Å². The first kappa shape index (κ1) is 9.37. The van der Waals surface area contributed by atoms with E-state index in [9.17, 15) is 0 Å². The summed E-state index contributed by atoms with van der Waals surface area (Å²) in [7, 11) is 0. The highest BCUT2D eigenvalue weighted by Gasteiger charge is 2.03. The predicted octanol–water partition coefficient (Wildman–Crippen LogP) is -0.765. The Hall–Kier alpha value is -0.630. The molecule has 0 bridgehead atoms. The van der Waals surface area contributed by atoms with E-state index in [2.05, 4.69) is 0 Å². The molecular weight excluding hydrogens is 132 g/mol. The summed E-state index contributed by atoms with van der Waals surface area (Å²) in [5.74, 6) is 0. The first-order valence-electron chi connectivity index (χ1n) is 3.08. The molecule has 0 aromatic rings. The minimum atomic E-state index is -0.447. The summed E-state index contributed by atoms with van der Waals surface area (Å²) < 4.78 is 4.90. The van der Waals surface area contributed by atoms with E-state index < -0.39 is 6.10 Å². The topological polar surface area (TPSA) is 79.3 Å². The number of nitrogens with two attached hydrogens (primary N) is 1. The van der Waals surface area contributed by atoms with Crippen LogP contribution in [0.2, 0.25) is 0 Å². The molecule has 0 aliphatic heterocycles. The van der Waals surface area contributed by atoms with Crippen LogP contribution in [0.15, 0.2) is 0 Å². The number of ether oxygens (including phenoxy) is 1. The Morgan fingerprint density at radius 1 is 1.80 bits per heavy atom. The van der Waals surface area contributed by atoms with E-state index in [1.807, 2.05) is 6.07 Å². The molecule has 0 rings (SSSR count). The maximum absolute atomic E-state index is 8.43. The maximum Gasteiger partial charge on any atom is 0.141 e. The third-order valence-electron chi connectivity index (χ3n) is 0.977. The zero-order valence-corrected chi connectivity index (χ0v) is 5.95. The monoisotopic (exact) mass is 144 g/mol. The normalized spacial score (nSPS) is 15.8. The zero-order valence-electron chi connectivity index (χ0n) is 5.95. The van der Waals surface area contributed by atoms with Crippen LogP contribution in [0.25, 0.3) is 0 Å². The zero-order chi connectivity index (χ0) is 7.98. The van der Waals surface area contributed by atoms with E-state index >= 15 is 0 Å². The number of hydrogen-bond donors (Lipinski definition) is 2. The third-order valence-corrected chi connectivity index (χ3v) is 0.977. The van der Waals surface area contributed by atoms with Gasteiger partial charge in [0.05, 0.1) is 25.3 Å². The number of aliphatic hydroxyl groups is 1. The fourth-order valence-electron chi connectivity index (χ4n) is 0.358. The molecule has 0 amide bonds. The van der Waals surface area contributed by atoms with Crippen LogP contribution in [0.3, 0.4) is 0 Å². The average molecular weight is 144 g/mol. The lowest BCUT2D eigenvalue weighted by atomic mass is 10.3. The van der Waals surface area contributed by atoms with Crippen molar-refractivity contribution in [2.45, 2.75) is 19.1 Å². The van der Waals surface area contributed by atoms with Crippen LogP contribution in [0.1, 0.15) is 6.92 Å². The Kier molecular flexibility index (Phi) is 4.85. The molecule has 0 spiro atoms. The molecule has 2 unspecified atom stereocenters. The Morgan fingerprint density at radius 2 is 2.40 bits per heavy atom. The lowest BCUT2D eigenvalue weighted by Crippen LogP contribution is -2.31. The van der Waals surface area contributed by atoms with Gasteiger partial charge in [0, 0.05) is 0 Å². The van der Waals surface area contributed by atoms with Gasteiger partial charge >= 0.3 is 0 Å². The van der Waals surface area contributed by atoms with Gasteiger partial charge in [0.2, 0.25) is 0 Å². The summed E-state index contributed by atoms with van der Waals surface area (Å²) in [6, 6.07) is 1.51. The van der Waals surface area contributed by atoms with Gasteiger partial charge in [-0.25, -0.2) is 0 Å².